The molecule has 8 heteroatoms. The first-order valence-corrected chi connectivity index (χ1v) is 9.03. The van der Waals surface area contributed by atoms with Crippen LogP contribution >= 0.6 is 0 Å². The van der Waals surface area contributed by atoms with Crippen LogP contribution < -0.4 is 16.0 Å². The van der Waals surface area contributed by atoms with Crippen LogP contribution in [0, 0.1) is 0 Å². The number of rotatable bonds is 6. The van der Waals surface area contributed by atoms with Crippen molar-refractivity contribution in [3.05, 3.63) is 62.9 Å². The van der Waals surface area contributed by atoms with Gasteiger partial charge in [0.2, 0.25) is 10.0 Å². The zero-order valence-corrected chi connectivity index (χ0v) is 14.7. The normalized spacial score (nSPS) is 13.0. The summed E-state index contributed by atoms with van der Waals surface area (Å²) in [6, 6.07) is 9.77. The van der Waals surface area contributed by atoms with Gasteiger partial charge in [0, 0.05) is 26.8 Å². The molecule has 24 heavy (non-hydrogen) atoms. The van der Waals surface area contributed by atoms with Gasteiger partial charge in [-0.1, -0.05) is 37.3 Å². The maximum Gasteiger partial charge on any atom is 0.330 e. The molecule has 0 spiro atoms. The third kappa shape index (κ3) is 3.82. The number of nitrogens with zero attached hydrogens (tertiary/aromatic N) is 2. The summed E-state index contributed by atoms with van der Waals surface area (Å²) >= 11 is 0. The summed E-state index contributed by atoms with van der Waals surface area (Å²) < 4.78 is 29.0. The van der Waals surface area contributed by atoms with Gasteiger partial charge in [-0.2, -0.15) is 0 Å². The molecule has 0 radical (unpaired) electrons. The van der Waals surface area contributed by atoms with Gasteiger partial charge < -0.3 is 4.57 Å². The van der Waals surface area contributed by atoms with E-state index in [-0.39, 0.29) is 12.5 Å². The third-order valence-corrected chi connectivity index (χ3v) is 5.39. The van der Waals surface area contributed by atoms with E-state index in [1.807, 2.05) is 37.3 Å². The van der Waals surface area contributed by atoms with Crippen LogP contribution in [-0.2, 0) is 24.1 Å². The van der Waals surface area contributed by atoms with Crippen molar-refractivity contribution in [2.45, 2.75) is 24.2 Å². The molecule has 0 unspecified atom stereocenters. The van der Waals surface area contributed by atoms with Crippen molar-refractivity contribution in [1.29, 1.82) is 0 Å². The Morgan fingerprint density at radius 2 is 1.75 bits per heavy atom. The second-order valence-electron chi connectivity index (χ2n) is 5.75. The highest BCUT2D eigenvalue weighted by atomic mass is 32.2. The summed E-state index contributed by atoms with van der Waals surface area (Å²) in [6.45, 7) is 2.21. The molecule has 2 aromatic rings. The van der Waals surface area contributed by atoms with Crippen LogP contribution in [0.15, 0.2) is 51.0 Å². The summed E-state index contributed by atoms with van der Waals surface area (Å²) in [5.74, 6) is 0.178. The van der Waals surface area contributed by atoms with Crippen molar-refractivity contribution in [3.63, 3.8) is 0 Å². The average Bonchev–Trinajstić information content (AvgIpc) is 2.56. The lowest BCUT2D eigenvalue weighted by Gasteiger charge is -2.13. The highest BCUT2D eigenvalue weighted by Crippen LogP contribution is 2.17. The summed E-state index contributed by atoms with van der Waals surface area (Å²) in [5.41, 5.74) is -0.284. The maximum absolute atomic E-state index is 12.3. The molecule has 0 aliphatic carbocycles. The van der Waals surface area contributed by atoms with Crippen molar-refractivity contribution < 1.29 is 8.42 Å². The minimum Gasteiger partial charge on any atom is -0.302 e. The van der Waals surface area contributed by atoms with Gasteiger partial charge in [-0.05, 0) is 17.9 Å². The molecular weight excluding hydrogens is 330 g/mol. The first-order chi connectivity index (χ1) is 11.2. The SMILES string of the molecule is C[C@H](CCNS(=O)(=O)c1cn(C)c(=O)n(C)c1=O)c1ccccc1. The molecule has 0 saturated carbocycles. The second-order valence-corrected chi connectivity index (χ2v) is 7.48. The molecule has 1 aromatic carbocycles. The zero-order valence-electron chi connectivity index (χ0n) is 13.9. The molecule has 1 aromatic heterocycles. The maximum atomic E-state index is 12.3. The van der Waals surface area contributed by atoms with Crippen LogP contribution in [0.4, 0.5) is 0 Å². The Labute approximate surface area is 140 Å². The highest BCUT2D eigenvalue weighted by molar-refractivity contribution is 7.89. The van der Waals surface area contributed by atoms with Gasteiger partial charge in [-0.25, -0.2) is 17.9 Å². The number of aromatic nitrogens is 2. The van der Waals surface area contributed by atoms with E-state index >= 15 is 0 Å². The smallest absolute Gasteiger partial charge is 0.302 e. The number of nitrogens with one attached hydrogen (secondary N) is 1. The zero-order chi connectivity index (χ0) is 17.9. The quantitative estimate of drug-likeness (QED) is 0.823. The number of hydrogen-bond acceptors (Lipinski definition) is 4. The largest absolute Gasteiger partial charge is 0.330 e. The Bertz CT molecular complexity index is 930. The first-order valence-electron chi connectivity index (χ1n) is 7.55. The predicted octanol–water partition coefficient (Wildman–Crippen LogP) is 0.556. The standard InChI is InChI=1S/C16H21N3O4S/c1-12(13-7-5-4-6-8-13)9-10-17-24(22,23)14-11-18(2)16(21)19(3)15(14)20/h4-8,11-12,17H,9-10H2,1-3H3/t12-/m1/s1. The summed E-state index contributed by atoms with van der Waals surface area (Å²) in [5, 5.41) is 0. The fourth-order valence-electron chi connectivity index (χ4n) is 2.40. The second kappa shape index (κ2) is 7.14. The first kappa shape index (κ1) is 18.2. The van der Waals surface area contributed by atoms with Crippen LogP contribution in [-0.4, -0.2) is 24.1 Å². The topological polar surface area (TPSA) is 90.2 Å². The van der Waals surface area contributed by atoms with Crippen molar-refractivity contribution in [3.8, 4) is 0 Å². The molecule has 0 amide bonds. The fraction of sp³-hybridized carbons (Fsp3) is 0.375. The fourth-order valence-corrected chi connectivity index (χ4v) is 3.60. The van der Waals surface area contributed by atoms with Crippen molar-refractivity contribution in [2.75, 3.05) is 6.54 Å². The van der Waals surface area contributed by atoms with E-state index in [1.165, 1.54) is 14.1 Å². The Kier molecular flexibility index (Phi) is 5.40. The molecule has 7 nitrogen and oxygen atoms in total. The van der Waals surface area contributed by atoms with Crippen LogP contribution in [0.3, 0.4) is 0 Å². The molecule has 0 fully saturated rings. The molecule has 0 saturated heterocycles. The van der Waals surface area contributed by atoms with Crippen molar-refractivity contribution >= 4 is 10.0 Å². The minimum atomic E-state index is -3.97. The number of benzene rings is 1. The monoisotopic (exact) mass is 351 g/mol. The third-order valence-electron chi connectivity index (χ3n) is 3.94. The van der Waals surface area contributed by atoms with E-state index < -0.39 is 26.2 Å². The Morgan fingerprint density at radius 3 is 2.38 bits per heavy atom. The lowest BCUT2D eigenvalue weighted by molar-refractivity contribution is 0.563. The van der Waals surface area contributed by atoms with E-state index in [0.717, 1.165) is 20.9 Å². The van der Waals surface area contributed by atoms with Crippen LogP contribution in [0.2, 0.25) is 0 Å². The van der Waals surface area contributed by atoms with Gasteiger partial charge in [-0.3, -0.25) is 9.36 Å². The number of aryl methyl sites for hydroxylation is 1. The Hall–Kier alpha value is -2.19. The van der Waals surface area contributed by atoms with Gasteiger partial charge in [-0.15, -0.1) is 0 Å². The van der Waals surface area contributed by atoms with Gasteiger partial charge in [0.15, 0.2) is 4.90 Å². The molecule has 0 bridgehead atoms. The van der Waals surface area contributed by atoms with E-state index in [0.29, 0.717) is 6.42 Å². The lowest BCUT2D eigenvalue weighted by Crippen LogP contribution is -2.41. The van der Waals surface area contributed by atoms with E-state index in [2.05, 4.69) is 4.72 Å². The predicted molar refractivity (Wildman–Crippen MR) is 91.6 cm³/mol. The molecule has 1 atom stereocenters. The summed E-state index contributed by atoms with van der Waals surface area (Å²) in [6.07, 6.45) is 1.64. The molecule has 0 aliphatic rings. The Morgan fingerprint density at radius 1 is 1.12 bits per heavy atom. The minimum absolute atomic E-state index is 0.178. The van der Waals surface area contributed by atoms with Gasteiger partial charge in [0.05, 0.1) is 0 Å². The van der Waals surface area contributed by atoms with Gasteiger partial charge in [0.25, 0.3) is 5.56 Å². The van der Waals surface area contributed by atoms with Gasteiger partial charge >= 0.3 is 5.69 Å². The molecule has 1 N–H and O–H groups in total. The van der Waals surface area contributed by atoms with Crippen molar-refractivity contribution in [2.24, 2.45) is 14.1 Å². The molecule has 1 heterocycles. The molecule has 130 valence electrons. The molecular formula is C16H21N3O4S. The lowest BCUT2D eigenvalue weighted by atomic mass is 9.98. The van der Waals surface area contributed by atoms with Crippen LogP contribution in [0.5, 0.6) is 0 Å². The molecule has 0 aliphatic heterocycles. The van der Waals surface area contributed by atoms with Crippen molar-refractivity contribution in [1.82, 2.24) is 13.9 Å². The number of sulfonamides is 1. The average molecular weight is 351 g/mol. The molecule has 2 rings (SSSR count). The van der Waals surface area contributed by atoms with E-state index in [1.54, 1.807) is 0 Å². The Balaban J connectivity index is 2.13. The summed E-state index contributed by atoms with van der Waals surface area (Å²) in [7, 11) is -1.32. The number of hydrogen-bond donors (Lipinski definition) is 1. The van der Waals surface area contributed by atoms with E-state index in [4.69, 9.17) is 0 Å². The van der Waals surface area contributed by atoms with Crippen LogP contribution in [0.1, 0.15) is 24.8 Å². The van der Waals surface area contributed by atoms with Gasteiger partial charge in [0.1, 0.15) is 0 Å². The highest BCUT2D eigenvalue weighted by Gasteiger charge is 2.21. The van der Waals surface area contributed by atoms with E-state index in [9.17, 15) is 18.0 Å². The van der Waals surface area contributed by atoms with Crippen LogP contribution in [0.25, 0.3) is 0 Å². The summed E-state index contributed by atoms with van der Waals surface area (Å²) in [4.78, 5) is 23.2.